The zero-order valence-corrected chi connectivity index (χ0v) is 20.5. The van der Waals surface area contributed by atoms with E-state index in [4.69, 9.17) is 23.2 Å². The van der Waals surface area contributed by atoms with Crippen molar-refractivity contribution in [3.05, 3.63) is 69.3 Å². The summed E-state index contributed by atoms with van der Waals surface area (Å²) < 4.78 is 0. The Hall–Kier alpha value is -2.83. The summed E-state index contributed by atoms with van der Waals surface area (Å²) in [5, 5.41) is 6.37. The first-order chi connectivity index (χ1) is 16.3. The van der Waals surface area contributed by atoms with Crippen molar-refractivity contribution in [1.82, 2.24) is 5.32 Å². The molecule has 1 heterocycles. The van der Waals surface area contributed by atoms with Gasteiger partial charge >= 0.3 is 0 Å². The fraction of sp³-hybridized carbons (Fsp3) is 0.346. The number of nitrogens with zero attached hydrogens (tertiary/aromatic N) is 1. The van der Waals surface area contributed by atoms with Crippen LogP contribution in [-0.2, 0) is 20.8 Å². The van der Waals surface area contributed by atoms with Gasteiger partial charge in [0.15, 0.2) is 0 Å². The number of anilines is 2. The summed E-state index contributed by atoms with van der Waals surface area (Å²) in [4.78, 5) is 39.1. The van der Waals surface area contributed by atoms with Crippen LogP contribution in [0.4, 0.5) is 11.4 Å². The quantitative estimate of drug-likeness (QED) is 0.408. The summed E-state index contributed by atoms with van der Waals surface area (Å²) in [6.45, 7) is 1.84. The molecular weight excluding hydrogens is 473 g/mol. The number of aryl methyl sites for hydroxylation is 1. The molecule has 178 valence electrons. The minimum absolute atomic E-state index is 0.00206. The van der Waals surface area contributed by atoms with Gasteiger partial charge in [0.05, 0.1) is 12.1 Å². The number of imide groups is 1. The average Bonchev–Trinajstić information content (AvgIpc) is 2.99. The van der Waals surface area contributed by atoms with E-state index in [9.17, 15) is 14.4 Å². The Kier molecular flexibility index (Phi) is 7.59. The molecule has 2 aliphatic rings. The molecule has 0 atom stereocenters. The van der Waals surface area contributed by atoms with Gasteiger partial charge in [-0.3, -0.25) is 14.4 Å². The van der Waals surface area contributed by atoms with Gasteiger partial charge in [0, 0.05) is 16.8 Å². The van der Waals surface area contributed by atoms with Crippen molar-refractivity contribution in [1.29, 1.82) is 0 Å². The van der Waals surface area contributed by atoms with Crippen molar-refractivity contribution >= 4 is 52.3 Å². The van der Waals surface area contributed by atoms with Crippen LogP contribution in [0.15, 0.2) is 53.2 Å². The minimum atomic E-state index is -0.610. The van der Waals surface area contributed by atoms with Crippen molar-refractivity contribution in [2.24, 2.45) is 0 Å². The molecule has 4 rings (SSSR count). The van der Waals surface area contributed by atoms with E-state index in [1.165, 1.54) is 25.7 Å². The maximum Gasteiger partial charge on any atom is 0.283 e. The van der Waals surface area contributed by atoms with E-state index in [1.807, 2.05) is 19.1 Å². The van der Waals surface area contributed by atoms with Gasteiger partial charge in [-0.05, 0) is 55.2 Å². The van der Waals surface area contributed by atoms with Gasteiger partial charge in [-0.1, -0.05) is 67.1 Å². The number of rotatable bonds is 6. The third-order valence-electron chi connectivity index (χ3n) is 6.25. The molecule has 0 spiro atoms. The number of amides is 3. The number of carbonyl (C=O) groups excluding carboxylic acids is 3. The zero-order valence-electron chi connectivity index (χ0n) is 19.0. The van der Waals surface area contributed by atoms with Gasteiger partial charge < -0.3 is 10.6 Å². The first-order valence-corrected chi connectivity index (χ1v) is 12.3. The van der Waals surface area contributed by atoms with Gasteiger partial charge in [-0.15, -0.1) is 0 Å². The fourth-order valence-corrected chi connectivity index (χ4v) is 4.69. The fourth-order valence-electron chi connectivity index (χ4n) is 4.30. The monoisotopic (exact) mass is 499 g/mol. The summed E-state index contributed by atoms with van der Waals surface area (Å²) in [6.07, 6.45) is 7.20. The molecule has 0 unspecified atom stereocenters. The lowest BCUT2D eigenvalue weighted by Gasteiger charge is -2.16. The van der Waals surface area contributed by atoms with Crippen LogP contribution in [0.3, 0.4) is 0 Å². The molecule has 1 saturated carbocycles. The number of halogens is 2. The summed E-state index contributed by atoms with van der Waals surface area (Å²) in [5.41, 5.74) is 2.65. The number of benzene rings is 2. The molecular formula is C26H27Cl2N3O3. The van der Waals surface area contributed by atoms with Crippen molar-refractivity contribution < 1.29 is 14.4 Å². The van der Waals surface area contributed by atoms with Gasteiger partial charge in [0.2, 0.25) is 5.91 Å². The lowest BCUT2D eigenvalue weighted by molar-refractivity contribution is -0.122. The van der Waals surface area contributed by atoms with Crippen LogP contribution in [-0.4, -0.2) is 23.8 Å². The molecule has 1 aliphatic heterocycles. The number of hydrogen-bond donors (Lipinski definition) is 2. The smallest absolute Gasteiger partial charge is 0.283 e. The van der Waals surface area contributed by atoms with Crippen LogP contribution in [0, 0.1) is 6.92 Å². The van der Waals surface area contributed by atoms with Gasteiger partial charge in [-0.25, -0.2) is 4.90 Å². The van der Waals surface area contributed by atoms with E-state index in [-0.39, 0.29) is 22.7 Å². The SMILES string of the molecule is Cc1ccc(N2C(=O)C(Cl)=C(Nc3ccc(CC(=O)NC4CCCCCC4)cc3)C2=O)cc1Cl. The van der Waals surface area contributed by atoms with Crippen molar-refractivity contribution in [3.8, 4) is 0 Å². The van der Waals surface area contributed by atoms with Gasteiger partial charge in [0.1, 0.15) is 10.7 Å². The molecule has 8 heteroatoms. The van der Waals surface area contributed by atoms with E-state index in [0.29, 0.717) is 22.8 Å². The van der Waals surface area contributed by atoms with E-state index in [2.05, 4.69) is 10.6 Å². The van der Waals surface area contributed by atoms with Crippen LogP contribution < -0.4 is 15.5 Å². The highest BCUT2D eigenvalue weighted by atomic mass is 35.5. The third kappa shape index (κ3) is 5.45. The highest BCUT2D eigenvalue weighted by Gasteiger charge is 2.39. The van der Waals surface area contributed by atoms with Crippen LogP contribution >= 0.6 is 23.2 Å². The Bertz CT molecular complexity index is 1140. The van der Waals surface area contributed by atoms with Crippen molar-refractivity contribution in [2.75, 3.05) is 10.2 Å². The molecule has 0 bridgehead atoms. The zero-order chi connectivity index (χ0) is 24.2. The molecule has 1 fully saturated rings. The number of hydrogen-bond acceptors (Lipinski definition) is 4. The second kappa shape index (κ2) is 10.6. The Morgan fingerprint density at radius 1 is 0.971 bits per heavy atom. The molecule has 6 nitrogen and oxygen atoms in total. The molecule has 1 aliphatic carbocycles. The minimum Gasteiger partial charge on any atom is -0.353 e. The van der Waals surface area contributed by atoms with E-state index in [0.717, 1.165) is 28.9 Å². The Balaban J connectivity index is 1.39. The first kappa shape index (κ1) is 24.3. The van der Waals surface area contributed by atoms with Gasteiger partial charge in [0.25, 0.3) is 11.8 Å². The normalized spacial score (nSPS) is 17.2. The van der Waals surface area contributed by atoms with Crippen LogP contribution in [0.5, 0.6) is 0 Å². The van der Waals surface area contributed by atoms with Crippen LogP contribution in [0.1, 0.15) is 49.7 Å². The molecule has 2 aromatic carbocycles. The van der Waals surface area contributed by atoms with E-state index < -0.39 is 11.8 Å². The summed E-state index contributed by atoms with van der Waals surface area (Å²) in [7, 11) is 0. The molecule has 0 radical (unpaired) electrons. The second-order valence-electron chi connectivity index (χ2n) is 8.82. The molecule has 2 aromatic rings. The standard InChI is InChI=1S/C26H27Cl2N3O3/c1-16-8-13-20(15-21(16)27)31-25(33)23(28)24(26(31)34)30-19-11-9-17(10-12-19)14-22(32)29-18-6-4-2-3-5-7-18/h8-13,15,18,30H,2-7,14H2,1H3,(H,29,32). The number of carbonyl (C=O) groups is 3. The number of nitrogens with one attached hydrogen (secondary N) is 2. The third-order valence-corrected chi connectivity index (χ3v) is 7.01. The lowest BCUT2D eigenvalue weighted by atomic mass is 10.1. The lowest BCUT2D eigenvalue weighted by Crippen LogP contribution is -2.35. The average molecular weight is 500 g/mol. The van der Waals surface area contributed by atoms with Gasteiger partial charge in [-0.2, -0.15) is 0 Å². The highest BCUT2D eigenvalue weighted by molar-refractivity contribution is 6.53. The topological polar surface area (TPSA) is 78.5 Å². The Labute approximate surface area is 209 Å². The predicted octanol–water partition coefficient (Wildman–Crippen LogP) is 5.47. The van der Waals surface area contributed by atoms with E-state index in [1.54, 1.807) is 30.3 Å². The van der Waals surface area contributed by atoms with Crippen LogP contribution in [0.2, 0.25) is 5.02 Å². The molecule has 0 aromatic heterocycles. The summed E-state index contributed by atoms with van der Waals surface area (Å²) >= 11 is 12.4. The van der Waals surface area contributed by atoms with Crippen molar-refractivity contribution in [2.45, 2.75) is 57.9 Å². The Morgan fingerprint density at radius 3 is 2.29 bits per heavy atom. The summed E-state index contributed by atoms with van der Waals surface area (Å²) in [5.74, 6) is -1.15. The Morgan fingerprint density at radius 2 is 1.65 bits per heavy atom. The summed E-state index contributed by atoms with van der Waals surface area (Å²) in [6, 6.07) is 12.4. The largest absolute Gasteiger partial charge is 0.353 e. The van der Waals surface area contributed by atoms with E-state index >= 15 is 0 Å². The first-order valence-electron chi connectivity index (χ1n) is 11.5. The molecule has 2 N–H and O–H groups in total. The molecule has 3 amide bonds. The van der Waals surface area contributed by atoms with Crippen LogP contribution in [0.25, 0.3) is 0 Å². The van der Waals surface area contributed by atoms with Crippen molar-refractivity contribution in [3.63, 3.8) is 0 Å². The molecule has 34 heavy (non-hydrogen) atoms. The molecule has 0 saturated heterocycles. The second-order valence-corrected chi connectivity index (χ2v) is 9.61. The maximum atomic E-state index is 13.0. The highest BCUT2D eigenvalue weighted by Crippen LogP contribution is 2.32. The predicted molar refractivity (Wildman–Crippen MR) is 135 cm³/mol. The maximum absolute atomic E-state index is 13.0.